The summed E-state index contributed by atoms with van der Waals surface area (Å²) in [6.45, 7) is 2.66. The van der Waals surface area contributed by atoms with Crippen molar-refractivity contribution in [2.24, 2.45) is 11.8 Å². The lowest BCUT2D eigenvalue weighted by atomic mass is 9.74. The molecule has 1 aromatic carbocycles. The standard InChI is InChI=1S/C24H28N4O2/c1-30-20-7-5-18(6-8-20)22-3-2-4-23-19-9-17(14-28(22)23)13-27(15-19)24(29)21-10-16(11-25)12-26-21/h5-8,10,12,17,19,22-23,26H,2-4,9,13-15H2,1H3/t17-,19+,22+,23-/m0/s1. The Morgan fingerprint density at radius 2 is 2.03 bits per heavy atom. The second-order valence-corrected chi connectivity index (χ2v) is 8.97. The highest BCUT2D eigenvalue weighted by Gasteiger charge is 2.45. The summed E-state index contributed by atoms with van der Waals surface area (Å²) >= 11 is 0. The van der Waals surface area contributed by atoms with E-state index in [9.17, 15) is 4.79 Å². The number of piperidine rings is 3. The average molecular weight is 405 g/mol. The molecule has 4 heterocycles. The molecule has 6 heteroatoms. The van der Waals surface area contributed by atoms with Gasteiger partial charge in [0, 0.05) is 37.9 Å². The molecule has 0 aliphatic carbocycles. The summed E-state index contributed by atoms with van der Waals surface area (Å²) in [6.07, 6.45) is 6.47. The minimum atomic E-state index is 0.0298. The number of nitriles is 1. The zero-order chi connectivity index (χ0) is 20.7. The maximum atomic E-state index is 13.0. The van der Waals surface area contributed by atoms with Crippen LogP contribution in [0.4, 0.5) is 0 Å². The van der Waals surface area contributed by atoms with E-state index in [-0.39, 0.29) is 5.91 Å². The number of likely N-dealkylation sites (tertiary alicyclic amines) is 1. The van der Waals surface area contributed by atoms with Crippen LogP contribution in [-0.4, -0.2) is 53.5 Å². The lowest BCUT2D eigenvalue weighted by Crippen LogP contribution is -2.60. The molecule has 1 N–H and O–H groups in total. The van der Waals surface area contributed by atoms with Crippen LogP contribution in [-0.2, 0) is 0 Å². The normalized spacial score (nSPS) is 28.5. The van der Waals surface area contributed by atoms with Crippen LogP contribution in [0.15, 0.2) is 36.5 Å². The van der Waals surface area contributed by atoms with Crippen LogP contribution >= 0.6 is 0 Å². The summed E-state index contributed by atoms with van der Waals surface area (Å²) in [4.78, 5) is 20.8. The molecule has 0 spiro atoms. The first-order chi connectivity index (χ1) is 14.7. The van der Waals surface area contributed by atoms with E-state index in [1.807, 2.05) is 4.90 Å². The third-order valence-electron chi connectivity index (χ3n) is 7.22. The highest BCUT2D eigenvalue weighted by atomic mass is 16.5. The molecular formula is C24H28N4O2. The summed E-state index contributed by atoms with van der Waals surface area (Å²) in [5.74, 6) is 1.96. The smallest absolute Gasteiger partial charge is 0.270 e. The molecule has 2 bridgehead atoms. The van der Waals surface area contributed by atoms with E-state index in [0.717, 1.165) is 25.4 Å². The van der Waals surface area contributed by atoms with Crippen molar-refractivity contribution >= 4 is 5.91 Å². The van der Waals surface area contributed by atoms with E-state index in [1.54, 1.807) is 19.4 Å². The number of H-pyrrole nitrogens is 1. The number of aromatic amines is 1. The Balaban J connectivity index is 1.33. The number of rotatable bonds is 3. The molecule has 2 aromatic rings. The first-order valence-electron chi connectivity index (χ1n) is 10.9. The number of nitrogens with zero attached hydrogens (tertiary/aromatic N) is 3. The van der Waals surface area contributed by atoms with Crippen LogP contribution in [0.1, 0.15) is 53.3 Å². The van der Waals surface area contributed by atoms with Gasteiger partial charge in [-0.3, -0.25) is 9.69 Å². The predicted molar refractivity (Wildman–Crippen MR) is 113 cm³/mol. The zero-order valence-electron chi connectivity index (χ0n) is 17.4. The summed E-state index contributed by atoms with van der Waals surface area (Å²) in [5, 5.41) is 9.04. The number of aromatic nitrogens is 1. The van der Waals surface area contributed by atoms with Gasteiger partial charge in [-0.15, -0.1) is 0 Å². The van der Waals surface area contributed by atoms with Crippen molar-refractivity contribution in [3.05, 3.63) is 53.3 Å². The van der Waals surface area contributed by atoms with Crippen LogP contribution in [0.2, 0.25) is 0 Å². The van der Waals surface area contributed by atoms with E-state index in [2.05, 4.69) is 40.2 Å². The molecule has 4 atom stereocenters. The van der Waals surface area contributed by atoms with E-state index >= 15 is 0 Å². The Morgan fingerprint density at radius 1 is 1.20 bits per heavy atom. The van der Waals surface area contributed by atoms with Gasteiger partial charge in [-0.1, -0.05) is 12.1 Å². The number of carbonyl (C=O) groups excluding carboxylic acids is 1. The predicted octanol–water partition coefficient (Wildman–Crippen LogP) is 3.58. The van der Waals surface area contributed by atoms with E-state index in [0.29, 0.717) is 35.2 Å². The number of benzene rings is 1. The molecule has 1 amide bonds. The Morgan fingerprint density at radius 3 is 2.77 bits per heavy atom. The molecule has 3 fully saturated rings. The van der Waals surface area contributed by atoms with Gasteiger partial charge in [0.2, 0.25) is 0 Å². The quantitative estimate of drug-likeness (QED) is 0.849. The van der Waals surface area contributed by atoms with Crippen molar-refractivity contribution < 1.29 is 9.53 Å². The van der Waals surface area contributed by atoms with Crippen molar-refractivity contribution in [3.63, 3.8) is 0 Å². The van der Waals surface area contributed by atoms with Gasteiger partial charge < -0.3 is 14.6 Å². The van der Waals surface area contributed by atoms with E-state index < -0.39 is 0 Å². The van der Waals surface area contributed by atoms with E-state index in [4.69, 9.17) is 10.00 Å². The number of fused-ring (bicyclic) bond motifs is 4. The molecule has 5 rings (SSSR count). The first-order valence-corrected chi connectivity index (χ1v) is 10.9. The van der Waals surface area contributed by atoms with Crippen LogP contribution in [0.25, 0.3) is 0 Å². The van der Waals surface area contributed by atoms with Crippen LogP contribution in [0, 0.1) is 23.2 Å². The molecule has 0 unspecified atom stereocenters. The SMILES string of the molecule is COc1ccc([C@H]2CCC[C@H]3[C@@H]4C[C@@H](CN(C(=O)c5cc(C#N)c[nH]5)C4)CN23)cc1. The van der Waals surface area contributed by atoms with Gasteiger partial charge in [0.1, 0.15) is 17.5 Å². The molecule has 1 aromatic heterocycles. The van der Waals surface area contributed by atoms with Gasteiger partial charge in [-0.05, 0) is 61.3 Å². The second-order valence-electron chi connectivity index (χ2n) is 8.97. The number of hydrogen-bond donors (Lipinski definition) is 1. The zero-order valence-corrected chi connectivity index (χ0v) is 17.4. The Labute approximate surface area is 177 Å². The maximum absolute atomic E-state index is 13.0. The lowest BCUT2D eigenvalue weighted by Gasteiger charge is -2.55. The van der Waals surface area contributed by atoms with Gasteiger partial charge >= 0.3 is 0 Å². The number of ether oxygens (including phenoxy) is 1. The second kappa shape index (κ2) is 7.81. The molecule has 0 saturated carbocycles. The highest BCUT2D eigenvalue weighted by molar-refractivity contribution is 5.93. The first kappa shape index (κ1) is 19.2. The molecule has 0 radical (unpaired) electrons. The summed E-state index contributed by atoms with van der Waals surface area (Å²) in [6, 6.07) is 13.3. The average Bonchev–Trinajstić information content (AvgIpc) is 3.27. The summed E-state index contributed by atoms with van der Waals surface area (Å²) in [5.41, 5.74) is 2.42. The molecule has 156 valence electrons. The largest absolute Gasteiger partial charge is 0.497 e. The Kier molecular flexibility index (Phi) is 5.00. The fourth-order valence-electron chi connectivity index (χ4n) is 5.91. The van der Waals surface area contributed by atoms with Crippen molar-refractivity contribution in [1.29, 1.82) is 5.26 Å². The van der Waals surface area contributed by atoms with E-state index in [1.165, 1.54) is 31.2 Å². The van der Waals surface area contributed by atoms with Crippen molar-refractivity contribution in [1.82, 2.24) is 14.8 Å². The maximum Gasteiger partial charge on any atom is 0.270 e. The van der Waals surface area contributed by atoms with Crippen LogP contribution in [0.5, 0.6) is 5.75 Å². The highest BCUT2D eigenvalue weighted by Crippen LogP contribution is 2.44. The van der Waals surface area contributed by atoms with Crippen LogP contribution < -0.4 is 4.74 Å². The Hall–Kier alpha value is -2.78. The van der Waals surface area contributed by atoms with Gasteiger partial charge in [-0.25, -0.2) is 0 Å². The minimum absolute atomic E-state index is 0.0298. The number of methoxy groups -OCH3 is 1. The van der Waals surface area contributed by atoms with Gasteiger partial charge in [0.15, 0.2) is 0 Å². The number of nitrogens with one attached hydrogen (secondary N) is 1. The molecule has 30 heavy (non-hydrogen) atoms. The minimum Gasteiger partial charge on any atom is -0.497 e. The number of carbonyl (C=O) groups is 1. The van der Waals surface area contributed by atoms with Crippen molar-refractivity contribution in [3.8, 4) is 11.8 Å². The monoisotopic (exact) mass is 404 g/mol. The summed E-state index contributed by atoms with van der Waals surface area (Å²) < 4.78 is 5.33. The fourth-order valence-corrected chi connectivity index (χ4v) is 5.91. The third-order valence-corrected chi connectivity index (χ3v) is 7.22. The van der Waals surface area contributed by atoms with Gasteiger partial charge in [0.05, 0.1) is 12.7 Å². The lowest BCUT2D eigenvalue weighted by molar-refractivity contribution is -0.0512. The molecule has 3 aliphatic heterocycles. The number of amides is 1. The van der Waals surface area contributed by atoms with Crippen molar-refractivity contribution in [2.75, 3.05) is 26.7 Å². The molecular weight excluding hydrogens is 376 g/mol. The molecule has 6 nitrogen and oxygen atoms in total. The molecule has 3 saturated heterocycles. The molecule has 3 aliphatic rings. The fraction of sp³-hybridized carbons (Fsp3) is 0.500. The Bertz CT molecular complexity index is 960. The van der Waals surface area contributed by atoms with Gasteiger partial charge in [0.25, 0.3) is 5.91 Å². The number of hydrogen-bond acceptors (Lipinski definition) is 4. The van der Waals surface area contributed by atoms with Crippen molar-refractivity contribution in [2.45, 2.75) is 37.8 Å². The van der Waals surface area contributed by atoms with Crippen LogP contribution in [0.3, 0.4) is 0 Å². The summed E-state index contributed by atoms with van der Waals surface area (Å²) in [7, 11) is 1.71. The topological polar surface area (TPSA) is 72.4 Å². The van der Waals surface area contributed by atoms with Gasteiger partial charge in [-0.2, -0.15) is 5.26 Å². The third kappa shape index (κ3) is 3.37.